The summed E-state index contributed by atoms with van der Waals surface area (Å²) in [6.07, 6.45) is 4.01. The molecule has 2 rings (SSSR count). The second-order valence-electron chi connectivity index (χ2n) is 4.92. The van der Waals surface area contributed by atoms with Gasteiger partial charge in [0.2, 0.25) is 0 Å². The summed E-state index contributed by atoms with van der Waals surface area (Å²) < 4.78 is 11.0. The topological polar surface area (TPSA) is 30.5 Å². The van der Waals surface area contributed by atoms with Crippen molar-refractivity contribution in [2.24, 2.45) is 5.92 Å². The Hall–Kier alpha value is -1.06. The number of methoxy groups -OCH3 is 1. The zero-order chi connectivity index (χ0) is 12.8. The first-order valence-electron chi connectivity index (χ1n) is 6.72. The molecule has 1 atom stereocenters. The van der Waals surface area contributed by atoms with Gasteiger partial charge in [-0.1, -0.05) is 25.0 Å². The Morgan fingerprint density at radius 2 is 2.22 bits per heavy atom. The molecule has 1 N–H and O–H groups in total. The predicted octanol–water partition coefficient (Wildman–Crippen LogP) is 2.77. The average molecular weight is 249 g/mol. The van der Waals surface area contributed by atoms with Gasteiger partial charge in [-0.2, -0.15) is 0 Å². The van der Waals surface area contributed by atoms with Crippen LogP contribution in [0.1, 0.15) is 30.9 Å². The van der Waals surface area contributed by atoms with Gasteiger partial charge in [0.25, 0.3) is 0 Å². The predicted molar refractivity (Wildman–Crippen MR) is 73.0 cm³/mol. The van der Waals surface area contributed by atoms with Crippen molar-refractivity contribution in [1.82, 2.24) is 5.32 Å². The van der Waals surface area contributed by atoms with Crippen LogP contribution in [0.5, 0.6) is 5.75 Å². The lowest BCUT2D eigenvalue weighted by Gasteiger charge is -2.17. The quantitative estimate of drug-likeness (QED) is 0.719. The molecule has 0 aromatic heterocycles. The van der Waals surface area contributed by atoms with Crippen molar-refractivity contribution in [3.05, 3.63) is 29.8 Å². The van der Waals surface area contributed by atoms with E-state index in [1.807, 2.05) is 19.2 Å². The number of hydrogen-bond donors (Lipinski definition) is 1. The molecule has 18 heavy (non-hydrogen) atoms. The molecule has 3 heteroatoms. The van der Waals surface area contributed by atoms with E-state index in [0.29, 0.717) is 0 Å². The van der Waals surface area contributed by atoms with Crippen LogP contribution in [0.25, 0.3) is 0 Å². The summed E-state index contributed by atoms with van der Waals surface area (Å²) in [6.45, 7) is 1.60. The first-order chi connectivity index (χ1) is 8.83. The normalized spacial score (nSPS) is 16.6. The van der Waals surface area contributed by atoms with E-state index >= 15 is 0 Å². The first kappa shape index (κ1) is 13.4. The Morgan fingerprint density at radius 1 is 1.39 bits per heavy atom. The van der Waals surface area contributed by atoms with Crippen LogP contribution in [0.3, 0.4) is 0 Å². The summed E-state index contributed by atoms with van der Waals surface area (Å²) in [6, 6.07) is 8.38. The van der Waals surface area contributed by atoms with Crippen LogP contribution < -0.4 is 10.1 Å². The molecule has 1 aromatic carbocycles. The number of nitrogens with one attached hydrogen (secondary N) is 1. The Labute approximate surface area is 109 Å². The number of likely N-dealkylation sites (N-methyl/N-ethyl adjacent to an activating group) is 1. The molecular formula is C15H23NO2. The summed E-state index contributed by atoms with van der Waals surface area (Å²) in [4.78, 5) is 0. The van der Waals surface area contributed by atoms with E-state index in [0.717, 1.165) is 24.9 Å². The number of benzene rings is 1. The SMILES string of the molecule is CNC(COCCC1CC1)c1cccc(OC)c1. The zero-order valence-electron chi connectivity index (χ0n) is 11.3. The average Bonchev–Trinajstić information content (AvgIpc) is 3.23. The number of ether oxygens (including phenoxy) is 2. The van der Waals surface area contributed by atoms with E-state index in [2.05, 4.69) is 17.4 Å². The van der Waals surface area contributed by atoms with Crippen LogP contribution in [-0.4, -0.2) is 27.4 Å². The highest BCUT2D eigenvalue weighted by atomic mass is 16.5. The summed E-state index contributed by atoms with van der Waals surface area (Å²) in [5, 5.41) is 3.29. The van der Waals surface area contributed by atoms with E-state index in [1.54, 1.807) is 7.11 Å². The maximum atomic E-state index is 5.76. The van der Waals surface area contributed by atoms with Crippen molar-refractivity contribution in [2.75, 3.05) is 27.4 Å². The number of hydrogen-bond acceptors (Lipinski definition) is 3. The molecule has 0 radical (unpaired) electrons. The fraction of sp³-hybridized carbons (Fsp3) is 0.600. The van der Waals surface area contributed by atoms with Crippen LogP contribution in [0, 0.1) is 5.92 Å². The van der Waals surface area contributed by atoms with E-state index < -0.39 is 0 Å². The minimum Gasteiger partial charge on any atom is -0.497 e. The molecule has 0 spiro atoms. The lowest BCUT2D eigenvalue weighted by molar-refractivity contribution is 0.108. The highest BCUT2D eigenvalue weighted by molar-refractivity contribution is 5.30. The monoisotopic (exact) mass is 249 g/mol. The molecule has 0 amide bonds. The van der Waals surface area contributed by atoms with Crippen molar-refractivity contribution in [3.8, 4) is 5.75 Å². The molecular weight excluding hydrogens is 226 g/mol. The second kappa shape index (κ2) is 6.76. The second-order valence-corrected chi connectivity index (χ2v) is 4.92. The summed E-state index contributed by atoms with van der Waals surface area (Å²) in [7, 11) is 3.66. The maximum Gasteiger partial charge on any atom is 0.119 e. The summed E-state index contributed by atoms with van der Waals surface area (Å²) in [5.41, 5.74) is 1.21. The van der Waals surface area contributed by atoms with Gasteiger partial charge in [0, 0.05) is 6.61 Å². The van der Waals surface area contributed by atoms with Crippen LogP contribution in [0.2, 0.25) is 0 Å². The smallest absolute Gasteiger partial charge is 0.119 e. The third-order valence-electron chi connectivity index (χ3n) is 3.50. The van der Waals surface area contributed by atoms with Crippen LogP contribution >= 0.6 is 0 Å². The standard InChI is InChI=1S/C15H23NO2/c1-16-15(11-18-9-8-12-6-7-12)13-4-3-5-14(10-13)17-2/h3-5,10,12,15-16H,6-9,11H2,1-2H3. The molecule has 1 aliphatic carbocycles. The molecule has 100 valence electrons. The molecule has 0 aliphatic heterocycles. The van der Waals surface area contributed by atoms with Crippen LogP contribution in [0.15, 0.2) is 24.3 Å². The first-order valence-corrected chi connectivity index (χ1v) is 6.72. The van der Waals surface area contributed by atoms with Gasteiger partial charge in [-0.3, -0.25) is 0 Å². The molecule has 1 fully saturated rings. The molecule has 3 nitrogen and oxygen atoms in total. The van der Waals surface area contributed by atoms with Crippen molar-refractivity contribution >= 4 is 0 Å². The summed E-state index contributed by atoms with van der Waals surface area (Å²) in [5.74, 6) is 1.83. The van der Waals surface area contributed by atoms with Crippen molar-refractivity contribution in [3.63, 3.8) is 0 Å². The maximum absolute atomic E-state index is 5.76. The largest absolute Gasteiger partial charge is 0.497 e. The fourth-order valence-electron chi connectivity index (χ4n) is 2.06. The van der Waals surface area contributed by atoms with E-state index in [4.69, 9.17) is 9.47 Å². The molecule has 1 saturated carbocycles. The Morgan fingerprint density at radius 3 is 2.89 bits per heavy atom. The third-order valence-corrected chi connectivity index (χ3v) is 3.50. The van der Waals surface area contributed by atoms with Gasteiger partial charge in [0.15, 0.2) is 0 Å². The van der Waals surface area contributed by atoms with E-state index in [9.17, 15) is 0 Å². The van der Waals surface area contributed by atoms with Crippen molar-refractivity contribution < 1.29 is 9.47 Å². The van der Waals surface area contributed by atoms with Gasteiger partial charge >= 0.3 is 0 Å². The molecule has 0 heterocycles. The Kier molecular flexibility index (Phi) is 5.02. The minimum absolute atomic E-state index is 0.235. The fourth-order valence-corrected chi connectivity index (χ4v) is 2.06. The zero-order valence-corrected chi connectivity index (χ0v) is 11.3. The Balaban J connectivity index is 1.81. The van der Waals surface area contributed by atoms with Crippen molar-refractivity contribution in [1.29, 1.82) is 0 Å². The molecule has 1 unspecified atom stereocenters. The van der Waals surface area contributed by atoms with E-state index in [1.165, 1.54) is 24.8 Å². The lowest BCUT2D eigenvalue weighted by Crippen LogP contribution is -2.22. The van der Waals surface area contributed by atoms with Crippen molar-refractivity contribution in [2.45, 2.75) is 25.3 Å². The summed E-state index contributed by atoms with van der Waals surface area (Å²) >= 11 is 0. The van der Waals surface area contributed by atoms with E-state index in [-0.39, 0.29) is 6.04 Å². The lowest BCUT2D eigenvalue weighted by atomic mass is 10.1. The van der Waals surface area contributed by atoms with Gasteiger partial charge in [-0.15, -0.1) is 0 Å². The van der Waals surface area contributed by atoms with Gasteiger partial charge in [-0.25, -0.2) is 0 Å². The third kappa shape index (κ3) is 4.00. The van der Waals surface area contributed by atoms with Gasteiger partial charge in [0.1, 0.15) is 5.75 Å². The van der Waals surface area contributed by atoms with Gasteiger partial charge < -0.3 is 14.8 Å². The van der Waals surface area contributed by atoms with Gasteiger partial charge in [0.05, 0.1) is 19.8 Å². The van der Waals surface area contributed by atoms with Gasteiger partial charge in [-0.05, 0) is 37.1 Å². The minimum atomic E-state index is 0.235. The number of rotatable bonds is 8. The molecule has 1 aromatic rings. The molecule has 1 aliphatic rings. The van der Waals surface area contributed by atoms with Crippen LogP contribution in [0.4, 0.5) is 0 Å². The molecule has 0 bridgehead atoms. The highest BCUT2D eigenvalue weighted by Gasteiger charge is 2.20. The molecule has 0 saturated heterocycles. The Bertz CT molecular complexity index is 363. The van der Waals surface area contributed by atoms with Crippen LogP contribution in [-0.2, 0) is 4.74 Å². The highest BCUT2D eigenvalue weighted by Crippen LogP contribution is 2.32.